The second-order valence-corrected chi connectivity index (χ2v) is 7.85. The first-order chi connectivity index (χ1) is 14.9. The predicted molar refractivity (Wildman–Crippen MR) is 108 cm³/mol. The summed E-state index contributed by atoms with van der Waals surface area (Å²) in [6, 6.07) is 16.8. The molecule has 156 valence electrons. The topological polar surface area (TPSA) is 66.8 Å². The minimum Gasteiger partial charge on any atom is -0.449 e. The molecule has 1 aliphatic heterocycles. The zero-order valence-electron chi connectivity index (χ0n) is 16.2. The maximum atomic E-state index is 13.7. The number of hydrogen-bond acceptors (Lipinski definition) is 3. The molecule has 7 heteroatoms. The van der Waals surface area contributed by atoms with Gasteiger partial charge in [0.15, 0.2) is 0 Å². The van der Waals surface area contributed by atoms with Gasteiger partial charge in [-0.2, -0.15) is 0 Å². The summed E-state index contributed by atoms with van der Waals surface area (Å²) < 4.78 is 31.9. The van der Waals surface area contributed by atoms with Crippen molar-refractivity contribution >= 4 is 17.7 Å². The second-order valence-electron chi connectivity index (χ2n) is 7.85. The predicted octanol–water partition coefficient (Wildman–Crippen LogP) is 4.99. The zero-order valence-corrected chi connectivity index (χ0v) is 16.2. The van der Waals surface area contributed by atoms with E-state index < -0.39 is 11.6 Å². The summed E-state index contributed by atoms with van der Waals surface area (Å²) >= 11 is 0. The van der Waals surface area contributed by atoms with Gasteiger partial charge >= 0.3 is 6.16 Å². The molecule has 0 unspecified atom stereocenters. The Hall–Kier alpha value is -3.74. The first-order valence-electron chi connectivity index (χ1n) is 9.75. The van der Waals surface area contributed by atoms with E-state index in [-0.39, 0.29) is 35.8 Å². The van der Waals surface area contributed by atoms with E-state index in [2.05, 4.69) is 0 Å². The van der Waals surface area contributed by atoms with Crippen LogP contribution in [-0.4, -0.2) is 17.2 Å². The standard InChI is InChI=1S/C24H17F2NO4/c25-16-6-4-15(5-7-16)20-12-24(20)19-11-18(31-23(29)30)8-9-21(19)27(22(24)28)13-14-2-1-3-17(26)10-14/h1-11,20H,12-13H2,(H,29,30)/t20-,24-/m1/s1. The Morgan fingerprint density at radius 2 is 1.84 bits per heavy atom. The van der Waals surface area contributed by atoms with Gasteiger partial charge in [-0.3, -0.25) is 4.79 Å². The summed E-state index contributed by atoms with van der Waals surface area (Å²) in [4.78, 5) is 26.2. The molecule has 1 aliphatic carbocycles. The third kappa shape index (κ3) is 3.13. The van der Waals surface area contributed by atoms with Crippen molar-refractivity contribution in [2.75, 3.05) is 4.90 Å². The number of hydrogen-bond donors (Lipinski definition) is 1. The molecule has 31 heavy (non-hydrogen) atoms. The first kappa shape index (κ1) is 19.2. The Labute approximate surface area is 176 Å². The number of benzene rings is 3. The van der Waals surface area contributed by atoms with Gasteiger partial charge in [-0.25, -0.2) is 13.6 Å². The summed E-state index contributed by atoms with van der Waals surface area (Å²) in [6.45, 7) is 0.181. The van der Waals surface area contributed by atoms with Gasteiger partial charge in [0.25, 0.3) is 0 Å². The van der Waals surface area contributed by atoms with Crippen molar-refractivity contribution < 1.29 is 28.2 Å². The van der Waals surface area contributed by atoms with E-state index in [0.717, 1.165) is 5.56 Å². The highest BCUT2D eigenvalue weighted by molar-refractivity contribution is 6.11. The Balaban J connectivity index is 1.57. The normalized spacial score (nSPS) is 21.3. The van der Waals surface area contributed by atoms with Crippen LogP contribution >= 0.6 is 0 Å². The fourth-order valence-electron chi connectivity index (χ4n) is 4.61. The fourth-order valence-corrected chi connectivity index (χ4v) is 4.61. The highest BCUT2D eigenvalue weighted by Crippen LogP contribution is 2.66. The molecule has 1 heterocycles. The van der Waals surface area contributed by atoms with Crippen molar-refractivity contribution in [1.29, 1.82) is 0 Å². The molecular formula is C24H17F2NO4. The van der Waals surface area contributed by atoms with Crippen molar-refractivity contribution in [1.82, 2.24) is 0 Å². The van der Waals surface area contributed by atoms with Gasteiger partial charge in [0.05, 0.1) is 12.0 Å². The summed E-state index contributed by atoms with van der Waals surface area (Å²) in [5.41, 5.74) is 1.90. The lowest BCUT2D eigenvalue weighted by molar-refractivity contribution is -0.120. The smallest absolute Gasteiger partial charge is 0.449 e. The van der Waals surface area contributed by atoms with E-state index in [1.807, 2.05) is 0 Å². The molecule has 3 aromatic carbocycles. The Kier molecular flexibility index (Phi) is 4.28. The number of nitrogens with zero attached hydrogens (tertiary/aromatic N) is 1. The molecule has 5 nitrogen and oxygen atoms in total. The van der Waals surface area contributed by atoms with Gasteiger partial charge in [0.2, 0.25) is 5.91 Å². The largest absolute Gasteiger partial charge is 0.511 e. The molecule has 2 atom stereocenters. The minimum absolute atomic E-state index is 0.121. The summed E-state index contributed by atoms with van der Waals surface area (Å²) in [7, 11) is 0. The van der Waals surface area contributed by atoms with Crippen LogP contribution in [0.1, 0.15) is 29.0 Å². The van der Waals surface area contributed by atoms with Crippen LogP contribution in [0.25, 0.3) is 0 Å². The maximum absolute atomic E-state index is 13.7. The summed E-state index contributed by atoms with van der Waals surface area (Å²) in [5.74, 6) is -0.942. The van der Waals surface area contributed by atoms with Crippen LogP contribution in [0.2, 0.25) is 0 Å². The highest BCUT2D eigenvalue weighted by Gasteiger charge is 2.67. The monoisotopic (exact) mass is 421 g/mol. The zero-order chi connectivity index (χ0) is 21.8. The van der Waals surface area contributed by atoms with Crippen molar-refractivity contribution in [3.8, 4) is 5.75 Å². The number of ether oxygens (including phenoxy) is 1. The Morgan fingerprint density at radius 3 is 2.55 bits per heavy atom. The molecule has 1 saturated carbocycles. The first-order valence-corrected chi connectivity index (χ1v) is 9.75. The van der Waals surface area contributed by atoms with Gasteiger partial charge in [-0.15, -0.1) is 0 Å². The average Bonchev–Trinajstić information content (AvgIpc) is 3.44. The number of carbonyl (C=O) groups is 2. The number of carboxylic acid groups (broad SMARTS) is 1. The molecule has 0 bridgehead atoms. The quantitative estimate of drug-likeness (QED) is 0.476. The van der Waals surface area contributed by atoms with Crippen LogP contribution in [0.15, 0.2) is 66.7 Å². The van der Waals surface area contributed by atoms with E-state index in [9.17, 15) is 18.4 Å². The van der Waals surface area contributed by atoms with E-state index in [0.29, 0.717) is 23.2 Å². The third-order valence-electron chi connectivity index (χ3n) is 6.03. The lowest BCUT2D eigenvalue weighted by atomic mass is 9.92. The lowest BCUT2D eigenvalue weighted by Crippen LogP contribution is -2.32. The molecule has 1 fully saturated rings. The van der Waals surface area contributed by atoms with Crippen molar-refractivity contribution in [2.45, 2.75) is 24.3 Å². The van der Waals surface area contributed by atoms with Gasteiger partial charge in [0, 0.05) is 11.6 Å². The van der Waals surface area contributed by atoms with Gasteiger partial charge in [-0.1, -0.05) is 24.3 Å². The molecule has 1 N–H and O–H groups in total. The van der Waals surface area contributed by atoms with Crippen LogP contribution in [-0.2, 0) is 16.8 Å². The van der Waals surface area contributed by atoms with Crippen molar-refractivity contribution in [3.63, 3.8) is 0 Å². The number of amides is 1. The number of fused-ring (bicyclic) bond motifs is 2. The van der Waals surface area contributed by atoms with E-state index in [4.69, 9.17) is 9.84 Å². The summed E-state index contributed by atoms with van der Waals surface area (Å²) in [5, 5.41) is 8.97. The van der Waals surface area contributed by atoms with Gasteiger partial charge < -0.3 is 14.7 Å². The van der Waals surface area contributed by atoms with E-state index in [1.54, 1.807) is 41.3 Å². The average molecular weight is 421 g/mol. The molecule has 5 rings (SSSR count). The minimum atomic E-state index is -1.44. The molecule has 0 saturated heterocycles. The number of carbonyl (C=O) groups excluding carboxylic acids is 1. The summed E-state index contributed by atoms with van der Waals surface area (Å²) in [6.07, 6.45) is -0.929. The van der Waals surface area contributed by atoms with Crippen molar-refractivity contribution in [3.05, 3.63) is 95.1 Å². The SMILES string of the molecule is O=C(O)Oc1ccc2c(c1)[C@@]1(C[C@@H]1c1ccc(F)cc1)C(=O)N2Cc1cccc(F)c1. The highest BCUT2D eigenvalue weighted by atomic mass is 19.1. The fraction of sp³-hybridized carbons (Fsp3) is 0.167. The van der Waals surface area contributed by atoms with E-state index >= 15 is 0 Å². The van der Waals surface area contributed by atoms with Gasteiger partial charge in [-0.05, 0) is 65.6 Å². The molecule has 1 spiro atoms. The molecule has 1 amide bonds. The third-order valence-corrected chi connectivity index (χ3v) is 6.03. The van der Waals surface area contributed by atoms with E-state index in [1.165, 1.54) is 30.3 Å². The number of halogens is 2. The van der Waals surface area contributed by atoms with Crippen LogP contribution in [0.4, 0.5) is 19.3 Å². The molecule has 2 aliphatic rings. The van der Waals surface area contributed by atoms with Crippen LogP contribution in [0, 0.1) is 11.6 Å². The maximum Gasteiger partial charge on any atom is 0.511 e. The van der Waals surface area contributed by atoms with Crippen LogP contribution < -0.4 is 9.64 Å². The van der Waals surface area contributed by atoms with Crippen LogP contribution in [0.3, 0.4) is 0 Å². The molecule has 0 radical (unpaired) electrons. The van der Waals surface area contributed by atoms with Crippen molar-refractivity contribution in [2.24, 2.45) is 0 Å². The molecule has 3 aromatic rings. The molecule has 0 aromatic heterocycles. The molecular weight excluding hydrogens is 404 g/mol. The van der Waals surface area contributed by atoms with Crippen LogP contribution in [0.5, 0.6) is 5.75 Å². The number of rotatable bonds is 4. The lowest BCUT2D eigenvalue weighted by Gasteiger charge is -2.18. The Bertz CT molecular complexity index is 1210. The number of anilines is 1. The Morgan fingerprint density at radius 1 is 1.06 bits per heavy atom. The van der Waals surface area contributed by atoms with Gasteiger partial charge in [0.1, 0.15) is 17.4 Å². The second kappa shape index (κ2) is 6.91.